The Balaban J connectivity index is 0.00000180. The molecule has 0 aromatic carbocycles. The first kappa shape index (κ1) is 16.4. The summed E-state index contributed by atoms with van der Waals surface area (Å²) in [5.41, 5.74) is 6.96. The van der Waals surface area contributed by atoms with E-state index < -0.39 is 10.0 Å². The predicted molar refractivity (Wildman–Crippen MR) is 75.8 cm³/mol. The summed E-state index contributed by atoms with van der Waals surface area (Å²) < 4.78 is 26.6. The van der Waals surface area contributed by atoms with Gasteiger partial charge in [-0.25, -0.2) is 8.42 Å². The number of aromatic amines is 1. The number of halogens is 1. The lowest BCUT2D eigenvalue weighted by molar-refractivity contribution is 0.428. The standard InChI is InChI=1S/C11H20N4O2S.ClH/c1-7(12)10-4-5-15(6-10)18(16,17)11-8(2)13-14-9(11)3;/h7,10H,4-6,12H2,1-3H3,(H,13,14);1H. The molecule has 0 amide bonds. The molecule has 1 aromatic rings. The molecule has 6 nitrogen and oxygen atoms in total. The molecular formula is C11H21ClN4O2S. The summed E-state index contributed by atoms with van der Waals surface area (Å²) in [5, 5.41) is 6.67. The Hall–Kier alpha value is -0.630. The minimum absolute atomic E-state index is 0. The van der Waals surface area contributed by atoms with Crippen LogP contribution in [0.5, 0.6) is 0 Å². The van der Waals surface area contributed by atoms with Crippen LogP contribution in [0.1, 0.15) is 24.7 Å². The van der Waals surface area contributed by atoms with Crippen LogP contribution in [0.3, 0.4) is 0 Å². The van der Waals surface area contributed by atoms with Gasteiger partial charge in [-0.1, -0.05) is 0 Å². The quantitative estimate of drug-likeness (QED) is 0.864. The largest absolute Gasteiger partial charge is 0.328 e. The van der Waals surface area contributed by atoms with E-state index in [9.17, 15) is 8.42 Å². The van der Waals surface area contributed by atoms with E-state index in [0.29, 0.717) is 29.4 Å². The van der Waals surface area contributed by atoms with Gasteiger partial charge in [-0.2, -0.15) is 9.40 Å². The molecular weight excluding hydrogens is 288 g/mol. The van der Waals surface area contributed by atoms with Crippen molar-refractivity contribution in [2.75, 3.05) is 13.1 Å². The Morgan fingerprint density at radius 1 is 1.47 bits per heavy atom. The van der Waals surface area contributed by atoms with E-state index in [-0.39, 0.29) is 24.4 Å². The fourth-order valence-corrected chi connectivity index (χ4v) is 4.29. The first-order valence-corrected chi connectivity index (χ1v) is 7.55. The van der Waals surface area contributed by atoms with Crippen LogP contribution >= 0.6 is 12.4 Å². The Kier molecular flexibility index (Phi) is 5.00. The normalized spacial score (nSPS) is 22.2. The summed E-state index contributed by atoms with van der Waals surface area (Å²) in [6.45, 7) is 6.40. The van der Waals surface area contributed by atoms with E-state index in [1.807, 2.05) is 6.92 Å². The van der Waals surface area contributed by atoms with Crippen molar-refractivity contribution in [1.29, 1.82) is 0 Å². The Morgan fingerprint density at radius 3 is 2.53 bits per heavy atom. The molecule has 1 fully saturated rings. The zero-order valence-electron chi connectivity index (χ0n) is 11.4. The van der Waals surface area contributed by atoms with Gasteiger partial charge in [0.2, 0.25) is 10.0 Å². The van der Waals surface area contributed by atoms with Crippen molar-refractivity contribution in [2.24, 2.45) is 11.7 Å². The van der Waals surface area contributed by atoms with Gasteiger partial charge in [-0.05, 0) is 33.1 Å². The first-order valence-electron chi connectivity index (χ1n) is 6.11. The van der Waals surface area contributed by atoms with Crippen LogP contribution in [-0.4, -0.2) is 42.1 Å². The van der Waals surface area contributed by atoms with E-state index in [4.69, 9.17) is 5.73 Å². The van der Waals surface area contributed by atoms with Crippen LogP contribution in [0, 0.1) is 19.8 Å². The van der Waals surface area contributed by atoms with Gasteiger partial charge in [0.25, 0.3) is 0 Å². The molecule has 110 valence electrons. The average Bonchev–Trinajstić information content (AvgIpc) is 2.85. The van der Waals surface area contributed by atoms with Crippen LogP contribution in [0.4, 0.5) is 0 Å². The van der Waals surface area contributed by atoms with Crippen molar-refractivity contribution in [1.82, 2.24) is 14.5 Å². The van der Waals surface area contributed by atoms with Crippen LogP contribution in [0.25, 0.3) is 0 Å². The summed E-state index contributed by atoms with van der Waals surface area (Å²) in [4.78, 5) is 0.313. The van der Waals surface area contributed by atoms with Gasteiger partial charge in [0.15, 0.2) is 0 Å². The number of H-pyrrole nitrogens is 1. The molecule has 0 radical (unpaired) electrons. The summed E-state index contributed by atoms with van der Waals surface area (Å²) >= 11 is 0. The van der Waals surface area contributed by atoms with E-state index in [0.717, 1.165) is 6.42 Å². The highest BCUT2D eigenvalue weighted by molar-refractivity contribution is 7.89. The molecule has 3 N–H and O–H groups in total. The molecule has 1 saturated heterocycles. The van der Waals surface area contributed by atoms with Crippen molar-refractivity contribution >= 4 is 22.4 Å². The molecule has 0 saturated carbocycles. The number of nitrogens with one attached hydrogen (secondary N) is 1. The fraction of sp³-hybridized carbons (Fsp3) is 0.727. The van der Waals surface area contributed by atoms with Crippen molar-refractivity contribution in [3.8, 4) is 0 Å². The van der Waals surface area contributed by atoms with Crippen LogP contribution < -0.4 is 5.73 Å². The molecule has 2 unspecified atom stereocenters. The molecule has 0 spiro atoms. The van der Waals surface area contributed by atoms with Gasteiger partial charge in [-0.3, -0.25) is 5.10 Å². The maximum absolute atomic E-state index is 12.5. The molecule has 19 heavy (non-hydrogen) atoms. The summed E-state index contributed by atoms with van der Waals surface area (Å²) in [7, 11) is -3.44. The lowest BCUT2D eigenvalue weighted by atomic mass is 10.0. The third-order valence-electron chi connectivity index (χ3n) is 3.59. The van der Waals surface area contributed by atoms with Gasteiger partial charge in [0.05, 0.1) is 11.4 Å². The maximum Gasteiger partial charge on any atom is 0.246 e. The van der Waals surface area contributed by atoms with Gasteiger partial charge in [0.1, 0.15) is 4.90 Å². The summed E-state index contributed by atoms with van der Waals surface area (Å²) in [5.74, 6) is 0.243. The SMILES string of the molecule is Cc1n[nH]c(C)c1S(=O)(=O)N1CCC(C(C)N)C1.Cl. The highest BCUT2D eigenvalue weighted by Crippen LogP contribution is 2.28. The van der Waals surface area contributed by atoms with Crippen molar-refractivity contribution < 1.29 is 8.42 Å². The van der Waals surface area contributed by atoms with Gasteiger partial charge in [-0.15, -0.1) is 12.4 Å². The third kappa shape index (κ3) is 2.94. The van der Waals surface area contributed by atoms with Crippen molar-refractivity contribution in [2.45, 2.75) is 38.1 Å². The smallest absolute Gasteiger partial charge is 0.246 e. The number of rotatable bonds is 3. The molecule has 8 heteroatoms. The van der Waals surface area contributed by atoms with Gasteiger partial charge >= 0.3 is 0 Å². The fourth-order valence-electron chi connectivity index (χ4n) is 2.45. The Bertz CT molecular complexity index is 521. The van der Waals surface area contributed by atoms with Gasteiger partial charge < -0.3 is 5.73 Å². The number of nitrogens with two attached hydrogens (primary N) is 1. The van der Waals surface area contributed by atoms with E-state index in [2.05, 4.69) is 10.2 Å². The Morgan fingerprint density at radius 2 is 2.11 bits per heavy atom. The minimum Gasteiger partial charge on any atom is -0.328 e. The zero-order valence-corrected chi connectivity index (χ0v) is 13.0. The van der Waals surface area contributed by atoms with Gasteiger partial charge in [0, 0.05) is 19.1 Å². The zero-order chi connectivity index (χ0) is 13.5. The topological polar surface area (TPSA) is 92.1 Å². The van der Waals surface area contributed by atoms with Crippen LogP contribution in [0.15, 0.2) is 4.90 Å². The molecule has 1 aliphatic rings. The molecule has 2 atom stereocenters. The van der Waals surface area contributed by atoms with E-state index in [1.54, 1.807) is 13.8 Å². The molecule has 2 rings (SSSR count). The first-order chi connectivity index (χ1) is 8.34. The average molecular weight is 309 g/mol. The summed E-state index contributed by atoms with van der Waals surface area (Å²) in [6, 6.07) is 0.0248. The third-order valence-corrected chi connectivity index (χ3v) is 5.72. The number of aryl methyl sites for hydroxylation is 2. The second-order valence-corrected chi connectivity index (χ2v) is 6.91. The van der Waals surface area contributed by atoms with E-state index >= 15 is 0 Å². The molecule has 0 aliphatic carbocycles. The highest BCUT2D eigenvalue weighted by Gasteiger charge is 2.36. The minimum atomic E-state index is -3.44. The lowest BCUT2D eigenvalue weighted by Gasteiger charge is -2.18. The number of nitrogens with zero attached hydrogens (tertiary/aromatic N) is 2. The monoisotopic (exact) mass is 308 g/mol. The Labute approximate surface area is 120 Å². The van der Waals surface area contributed by atoms with Crippen molar-refractivity contribution in [3.05, 3.63) is 11.4 Å². The van der Waals surface area contributed by atoms with E-state index in [1.165, 1.54) is 4.31 Å². The molecule has 1 aliphatic heterocycles. The van der Waals surface area contributed by atoms with Crippen LogP contribution in [-0.2, 0) is 10.0 Å². The number of sulfonamides is 1. The predicted octanol–water partition coefficient (Wildman–Crippen LogP) is 0.806. The molecule has 2 heterocycles. The van der Waals surface area contributed by atoms with Crippen molar-refractivity contribution in [3.63, 3.8) is 0 Å². The highest BCUT2D eigenvalue weighted by atomic mass is 35.5. The second-order valence-electron chi connectivity index (χ2n) is 5.03. The molecule has 0 bridgehead atoms. The molecule has 1 aromatic heterocycles. The number of hydrogen-bond donors (Lipinski definition) is 2. The number of hydrogen-bond acceptors (Lipinski definition) is 4. The number of aromatic nitrogens is 2. The summed E-state index contributed by atoms with van der Waals surface area (Å²) in [6.07, 6.45) is 0.826. The lowest BCUT2D eigenvalue weighted by Crippen LogP contribution is -2.33. The maximum atomic E-state index is 12.5. The second kappa shape index (κ2) is 5.78. The van der Waals surface area contributed by atoms with Crippen LogP contribution in [0.2, 0.25) is 0 Å².